The van der Waals surface area contributed by atoms with Crippen molar-refractivity contribution < 1.29 is 0 Å². The van der Waals surface area contributed by atoms with Crippen LogP contribution < -0.4 is 5.32 Å². The maximum Gasteiger partial charge on any atom is 0.0823 e. The number of hydrogen-bond donors (Lipinski definition) is 1. The molecule has 0 fully saturated rings. The lowest BCUT2D eigenvalue weighted by Crippen LogP contribution is -2.07. The molecule has 1 unspecified atom stereocenters. The van der Waals surface area contributed by atoms with E-state index >= 15 is 0 Å². The van der Waals surface area contributed by atoms with Gasteiger partial charge < -0.3 is 5.32 Å². The Morgan fingerprint density at radius 2 is 1.68 bits per heavy atom. The average Bonchev–Trinajstić information content (AvgIpc) is 2.34. The van der Waals surface area contributed by atoms with E-state index in [4.69, 9.17) is 46.4 Å². The maximum absolute atomic E-state index is 6.18. The second-order valence-electron chi connectivity index (χ2n) is 4.13. The first kappa shape index (κ1) is 14.8. The molecule has 2 aromatic carbocycles. The molecule has 0 heterocycles. The Morgan fingerprint density at radius 3 is 2.37 bits per heavy atom. The van der Waals surface area contributed by atoms with Crippen LogP contribution in [0.15, 0.2) is 36.4 Å². The second-order valence-corrected chi connectivity index (χ2v) is 5.76. The van der Waals surface area contributed by atoms with Gasteiger partial charge in [-0.25, -0.2) is 0 Å². The van der Waals surface area contributed by atoms with Crippen LogP contribution in [-0.4, -0.2) is 0 Å². The fraction of sp³-hybridized carbons (Fsp3) is 0.143. The lowest BCUT2D eigenvalue weighted by Gasteiger charge is -2.18. The quantitative estimate of drug-likeness (QED) is 0.677. The molecule has 5 heteroatoms. The van der Waals surface area contributed by atoms with Gasteiger partial charge in [0.25, 0.3) is 0 Å². The minimum atomic E-state index is -0.0132. The van der Waals surface area contributed by atoms with Gasteiger partial charge in [-0.2, -0.15) is 0 Å². The highest BCUT2D eigenvalue weighted by Crippen LogP contribution is 2.34. The third-order valence-electron chi connectivity index (χ3n) is 2.75. The molecule has 0 saturated heterocycles. The topological polar surface area (TPSA) is 12.0 Å². The van der Waals surface area contributed by atoms with E-state index in [0.717, 1.165) is 11.3 Å². The summed E-state index contributed by atoms with van der Waals surface area (Å²) in [6.45, 7) is 1.99. The van der Waals surface area contributed by atoms with E-state index in [1.54, 1.807) is 18.2 Å². The summed E-state index contributed by atoms with van der Waals surface area (Å²) in [7, 11) is 0. The molecule has 19 heavy (non-hydrogen) atoms. The first-order chi connectivity index (χ1) is 8.99. The van der Waals surface area contributed by atoms with Crippen LogP contribution in [0.2, 0.25) is 20.1 Å². The predicted octanol–water partition coefficient (Wildman–Crippen LogP) is 6.47. The van der Waals surface area contributed by atoms with E-state index < -0.39 is 0 Å². The van der Waals surface area contributed by atoms with Crippen molar-refractivity contribution in [3.05, 3.63) is 62.1 Å². The highest BCUT2D eigenvalue weighted by molar-refractivity contribution is 6.43. The van der Waals surface area contributed by atoms with E-state index in [1.165, 1.54) is 0 Å². The molecule has 100 valence electrons. The van der Waals surface area contributed by atoms with Crippen molar-refractivity contribution in [1.82, 2.24) is 0 Å². The number of halogens is 4. The van der Waals surface area contributed by atoms with Gasteiger partial charge in [-0.15, -0.1) is 0 Å². The standard InChI is InChI=1S/C14H11Cl4N/c1-8(10-6-5-9(15)7-12(10)17)19-13-4-2-3-11(16)14(13)18/h2-8,19H,1H3. The van der Waals surface area contributed by atoms with Gasteiger partial charge in [-0.1, -0.05) is 58.5 Å². The van der Waals surface area contributed by atoms with Gasteiger partial charge in [-0.05, 0) is 36.8 Å². The van der Waals surface area contributed by atoms with Crippen molar-refractivity contribution >= 4 is 52.1 Å². The minimum Gasteiger partial charge on any atom is -0.377 e. The average molecular weight is 335 g/mol. The fourth-order valence-electron chi connectivity index (χ4n) is 1.78. The number of rotatable bonds is 3. The van der Waals surface area contributed by atoms with Crippen molar-refractivity contribution in [2.45, 2.75) is 13.0 Å². The smallest absolute Gasteiger partial charge is 0.0823 e. The highest BCUT2D eigenvalue weighted by Gasteiger charge is 2.12. The Hall–Kier alpha value is -0.600. The number of nitrogens with one attached hydrogen (secondary N) is 1. The highest BCUT2D eigenvalue weighted by atomic mass is 35.5. The van der Waals surface area contributed by atoms with Crippen LogP contribution in [0.1, 0.15) is 18.5 Å². The van der Waals surface area contributed by atoms with E-state index in [9.17, 15) is 0 Å². The summed E-state index contributed by atoms with van der Waals surface area (Å²) in [5.74, 6) is 0. The van der Waals surface area contributed by atoms with E-state index in [1.807, 2.05) is 25.1 Å². The number of hydrogen-bond acceptors (Lipinski definition) is 1. The number of benzene rings is 2. The Labute approximate surface area is 132 Å². The Morgan fingerprint density at radius 1 is 0.947 bits per heavy atom. The van der Waals surface area contributed by atoms with E-state index in [-0.39, 0.29) is 6.04 Å². The zero-order valence-electron chi connectivity index (χ0n) is 10.1. The van der Waals surface area contributed by atoms with Crippen molar-refractivity contribution in [3.8, 4) is 0 Å². The third-order valence-corrected chi connectivity index (χ3v) is 4.13. The van der Waals surface area contributed by atoms with E-state index in [0.29, 0.717) is 20.1 Å². The maximum atomic E-state index is 6.18. The molecule has 0 aliphatic carbocycles. The molecule has 1 N–H and O–H groups in total. The van der Waals surface area contributed by atoms with Gasteiger partial charge in [-0.3, -0.25) is 0 Å². The molecule has 2 rings (SSSR count). The van der Waals surface area contributed by atoms with Crippen molar-refractivity contribution in [3.63, 3.8) is 0 Å². The predicted molar refractivity (Wildman–Crippen MR) is 85.0 cm³/mol. The molecule has 0 aliphatic rings. The van der Waals surface area contributed by atoms with Gasteiger partial charge >= 0.3 is 0 Å². The molecular weight excluding hydrogens is 324 g/mol. The summed E-state index contributed by atoms with van der Waals surface area (Å²) < 4.78 is 0. The van der Waals surface area contributed by atoms with Gasteiger partial charge in [0.1, 0.15) is 0 Å². The molecule has 0 bridgehead atoms. The van der Waals surface area contributed by atoms with Crippen LogP contribution in [0.3, 0.4) is 0 Å². The van der Waals surface area contributed by atoms with Crippen LogP contribution in [0.5, 0.6) is 0 Å². The first-order valence-corrected chi connectivity index (χ1v) is 7.15. The second kappa shape index (κ2) is 6.23. The zero-order chi connectivity index (χ0) is 14.0. The minimum absolute atomic E-state index is 0.0132. The summed E-state index contributed by atoms with van der Waals surface area (Å²) in [5, 5.41) is 5.53. The summed E-state index contributed by atoms with van der Waals surface area (Å²) in [5.41, 5.74) is 1.72. The molecule has 2 aromatic rings. The molecule has 0 spiro atoms. The molecule has 1 nitrogen and oxygen atoms in total. The van der Waals surface area contributed by atoms with Crippen LogP contribution in [0.4, 0.5) is 5.69 Å². The largest absolute Gasteiger partial charge is 0.377 e. The lowest BCUT2D eigenvalue weighted by atomic mass is 10.1. The van der Waals surface area contributed by atoms with Gasteiger partial charge in [0.2, 0.25) is 0 Å². The summed E-state index contributed by atoms with van der Waals surface area (Å²) in [6.07, 6.45) is 0. The van der Waals surface area contributed by atoms with Gasteiger partial charge in [0, 0.05) is 10.0 Å². The van der Waals surface area contributed by atoms with Crippen molar-refractivity contribution in [1.29, 1.82) is 0 Å². The van der Waals surface area contributed by atoms with Crippen molar-refractivity contribution in [2.24, 2.45) is 0 Å². The molecule has 0 saturated carbocycles. The van der Waals surface area contributed by atoms with Crippen LogP contribution in [-0.2, 0) is 0 Å². The Balaban J connectivity index is 2.25. The summed E-state index contributed by atoms with van der Waals surface area (Å²) in [4.78, 5) is 0. The van der Waals surface area contributed by atoms with Crippen LogP contribution in [0.25, 0.3) is 0 Å². The van der Waals surface area contributed by atoms with Gasteiger partial charge in [0.15, 0.2) is 0 Å². The summed E-state index contributed by atoms with van der Waals surface area (Å²) in [6, 6.07) is 10.9. The SMILES string of the molecule is CC(Nc1cccc(Cl)c1Cl)c1ccc(Cl)cc1Cl. The molecular formula is C14H11Cl4N. The molecule has 0 aromatic heterocycles. The van der Waals surface area contributed by atoms with Crippen molar-refractivity contribution in [2.75, 3.05) is 5.32 Å². The molecule has 0 aliphatic heterocycles. The lowest BCUT2D eigenvalue weighted by molar-refractivity contribution is 0.885. The van der Waals surface area contributed by atoms with Gasteiger partial charge in [0.05, 0.1) is 21.8 Å². The Kier molecular flexibility index (Phi) is 4.86. The number of anilines is 1. The monoisotopic (exact) mass is 333 g/mol. The van der Waals surface area contributed by atoms with E-state index in [2.05, 4.69) is 5.32 Å². The normalized spacial score (nSPS) is 12.3. The molecule has 0 radical (unpaired) electrons. The molecule has 0 amide bonds. The summed E-state index contributed by atoms with van der Waals surface area (Å²) >= 11 is 24.2. The Bertz CT molecular complexity index is 598. The third kappa shape index (κ3) is 3.49. The van der Waals surface area contributed by atoms with Crippen LogP contribution in [0, 0.1) is 0 Å². The molecule has 1 atom stereocenters. The first-order valence-electron chi connectivity index (χ1n) is 5.64. The fourth-order valence-corrected chi connectivity index (χ4v) is 2.71. The van der Waals surface area contributed by atoms with Crippen LogP contribution >= 0.6 is 46.4 Å². The zero-order valence-corrected chi connectivity index (χ0v) is 13.1.